The van der Waals surface area contributed by atoms with Crippen molar-refractivity contribution in [3.8, 4) is 0 Å². The Morgan fingerprint density at radius 1 is 1.50 bits per heavy atom. The van der Waals surface area contributed by atoms with Gasteiger partial charge in [0.05, 0.1) is 16.9 Å². The van der Waals surface area contributed by atoms with E-state index < -0.39 is 4.92 Å². The van der Waals surface area contributed by atoms with E-state index in [4.69, 9.17) is 0 Å². The fourth-order valence-corrected chi connectivity index (χ4v) is 2.16. The first-order valence-electron chi connectivity index (χ1n) is 6.25. The van der Waals surface area contributed by atoms with Gasteiger partial charge in [-0.25, -0.2) is 5.43 Å². The van der Waals surface area contributed by atoms with Gasteiger partial charge in [-0.15, -0.1) is 6.58 Å². The Bertz CT molecular complexity index is 515. The number of carbonyl (C=O) groups is 1. The van der Waals surface area contributed by atoms with E-state index in [9.17, 15) is 14.9 Å². The van der Waals surface area contributed by atoms with Crippen molar-refractivity contribution in [2.24, 2.45) is 5.92 Å². The van der Waals surface area contributed by atoms with Gasteiger partial charge in [-0.2, -0.15) is 0 Å². The van der Waals surface area contributed by atoms with Crippen molar-refractivity contribution >= 4 is 11.6 Å². The largest absolute Gasteiger partial charge is 0.352 e. The summed E-state index contributed by atoms with van der Waals surface area (Å²) in [5.41, 5.74) is 6.83. The standard InChI is InChI=1S/C13H16N4O3/c1-2-7-14-13(18)11-8-15-16-12(11)9-3-5-10(6-4-9)17(19)20/h2-6,11-12,15-16H,1,7-8H2,(H,14,18). The van der Waals surface area contributed by atoms with Crippen molar-refractivity contribution in [1.82, 2.24) is 16.2 Å². The molecule has 7 heteroatoms. The lowest BCUT2D eigenvalue weighted by atomic mass is 9.94. The molecule has 2 unspecified atom stereocenters. The van der Waals surface area contributed by atoms with E-state index in [-0.39, 0.29) is 23.6 Å². The summed E-state index contributed by atoms with van der Waals surface area (Å²) in [5, 5.41) is 13.4. The molecular weight excluding hydrogens is 260 g/mol. The molecule has 7 nitrogen and oxygen atoms in total. The number of nitro benzene ring substituents is 1. The molecule has 0 spiro atoms. The molecule has 1 aromatic rings. The third kappa shape index (κ3) is 3.01. The molecule has 0 saturated carbocycles. The Labute approximate surface area is 116 Å². The molecule has 106 valence electrons. The molecule has 0 radical (unpaired) electrons. The predicted octanol–water partition coefficient (Wildman–Crippen LogP) is 0.662. The van der Waals surface area contributed by atoms with Crippen LogP contribution in [0.25, 0.3) is 0 Å². The zero-order valence-corrected chi connectivity index (χ0v) is 10.8. The Balaban J connectivity index is 2.11. The minimum absolute atomic E-state index is 0.0346. The molecule has 20 heavy (non-hydrogen) atoms. The van der Waals surface area contributed by atoms with E-state index in [1.165, 1.54) is 12.1 Å². The van der Waals surface area contributed by atoms with Crippen LogP contribution >= 0.6 is 0 Å². The van der Waals surface area contributed by atoms with Crippen molar-refractivity contribution in [1.29, 1.82) is 0 Å². The Morgan fingerprint density at radius 3 is 2.80 bits per heavy atom. The third-order valence-electron chi connectivity index (χ3n) is 3.20. The first kappa shape index (κ1) is 14.2. The lowest BCUT2D eigenvalue weighted by Gasteiger charge is -2.17. The molecule has 0 aromatic heterocycles. The minimum Gasteiger partial charge on any atom is -0.352 e. The van der Waals surface area contributed by atoms with Crippen LogP contribution < -0.4 is 16.2 Å². The van der Waals surface area contributed by atoms with Gasteiger partial charge in [-0.05, 0) is 5.56 Å². The van der Waals surface area contributed by atoms with E-state index in [0.717, 1.165) is 5.56 Å². The summed E-state index contributed by atoms with van der Waals surface area (Å²) in [7, 11) is 0. The molecule has 3 N–H and O–H groups in total. The van der Waals surface area contributed by atoms with Crippen LogP contribution in [0.2, 0.25) is 0 Å². The zero-order valence-electron chi connectivity index (χ0n) is 10.8. The molecule has 1 heterocycles. The lowest BCUT2D eigenvalue weighted by Crippen LogP contribution is -2.35. The maximum atomic E-state index is 12.0. The number of carbonyl (C=O) groups excluding carboxylic acids is 1. The van der Waals surface area contributed by atoms with Crippen molar-refractivity contribution in [3.05, 3.63) is 52.6 Å². The molecule has 1 aromatic carbocycles. The smallest absolute Gasteiger partial charge is 0.269 e. The highest BCUT2D eigenvalue weighted by atomic mass is 16.6. The average Bonchev–Trinajstić information content (AvgIpc) is 2.94. The average molecular weight is 276 g/mol. The molecule has 2 atom stereocenters. The van der Waals surface area contributed by atoms with E-state index in [2.05, 4.69) is 22.7 Å². The van der Waals surface area contributed by atoms with Crippen molar-refractivity contribution in [3.63, 3.8) is 0 Å². The van der Waals surface area contributed by atoms with Crippen LogP contribution in [-0.2, 0) is 4.79 Å². The Hall–Kier alpha value is -2.25. The summed E-state index contributed by atoms with van der Waals surface area (Å²) < 4.78 is 0. The fraction of sp³-hybridized carbons (Fsp3) is 0.308. The van der Waals surface area contributed by atoms with Gasteiger partial charge in [0, 0.05) is 25.2 Å². The summed E-state index contributed by atoms with van der Waals surface area (Å²) in [4.78, 5) is 22.2. The van der Waals surface area contributed by atoms with Gasteiger partial charge < -0.3 is 5.32 Å². The highest BCUT2D eigenvalue weighted by Crippen LogP contribution is 2.26. The summed E-state index contributed by atoms with van der Waals surface area (Å²) in [6.45, 7) is 4.48. The second-order valence-corrected chi connectivity index (χ2v) is 4.49. The van der Waals surface area contributed by atoms with Crippen LogP contribution in [0.1, 0.15) is 11.6 Å². The van der Waals surface area contributed by atoms with E-state index >= 15 is 0 Å². The van der Waals surface area contributed by atoms with Gasteiger partial charge in [0.25, 0.3) is 5.69 Å². The molecule has 2 rings (SSSR count). The minimum atomic E-state index is -0.446. The third-order valence-corrected chi connectivity index (χ3v) is 3.20. The van der Waals surface area contributed by atoms with Crippen LogP contribution in [0.3, 0.4) is 0 Å². The molecule has 1 aliphatic rings. The first-order chi connectivity index (χ1) is 9.63. The van der Waals surface area contributed by atoms with Crippen molar-refractivity contribution < 1.29 is 9.72 Å². The molecular formula is C13H16N4O3. The van der Waals surface area contributed by atoms with Gasteiger partial charge in [-0.1, -0.05) is 18.2 Å². The molecule has 0 bridgehead atoms. The summed E-state index contributed by atoms with van der Waals surface area (Å²) >= 11 is 0. The first-order valence-corrected chi connectivity index (χ1v) is 6.25. The van der Waals surface area contributed by atoms with Gasteiger partial charge >= 0.3 is 0 Å². The quantitative estimate of drug-likeness (QED) is 0.417. The number of amides is 1. The summed E-state index contributed by atoms with van der Waals surface area (Å²) in [6, 6.07) is 6.00. The van der Waals surface area contributed by atoms with Crippen LogP contribution in [0.5, 0.6) is 0 Å². The monoisotopic (exact) mass is 276 g/mol. The molecule has 1 fully saturated rings. The Kier molecular flexibility index (Phi) is 4.44. The number of nitro groups is 1. The van der Waals surface area contributed by atoms with Crippen LogP contribution in [0, 0.1) is 16.0 Å². The molecule has 1 saturated heterocycles. The predicted molar refractivity (Wildman–Crippen MR) is 73.7 cm³/mol. The summed E-state index contributed by atoms with van der Waals surface area (Å²) in [5.74, 6) is -0.345. The maximum Gasteiger partial charge on any atom is 0.269 e. The van der Waals surface area contributed by atoms with E-state index in [1.807, 2.05) is 0 Å². The van der Waals surface area contributed by atoms with E-state index in [1.54, 1.807) is 18.2 Å². The highest BCUT2D eigenvalue weighted by molar-refractivity contribution is 5.80. The van der Waals surface area contributed by atoms with Crippen molar-refractivity contribution in [2.45, 2.75) is 6.04 Å². The molecule has 1 aliphatic heterocycles. The van der Waals surface area contributed by atoms with Gasteiger partial charge in [0.2, 0.25) is 5.91 Å². The molecule has 0 aliphatic carbocycles. The number of hydrogen-bond donors (Lipinski definition) is 3. The zero-order chi connectivity index (χ0) is 14.5. The number of hydrogen-bond acceptors (Lipinski definition) is 5. The number of nitrogens with zero attached hydrogens (tertiary/aromatic N) is 1. The fourth-order valence-electron chi connectivity index (χ4n) is 2.16. The maximum absolute atomic E-state index is 12.0. The van der Waals surface area contributed by atoms with Crippen LogP contribution in [-0.4, -0.2) is 23.9 Å². The topological polar surface area (TPSA) is 96.3 Å². The number of non-ortho nitro benzene ring substituents is 1. The number of nitrogens with one attached hydrogen (secondary N) is 3. The molecule has 1 amide bonds. The summed E-state index contributed by atoms with van der Waals surface area (Å²) in [6.07, 6.45) is 1.62. The number of benzene rings is 1. The van der Waals surface area contributed by atoms with Gasteiger partial charge in [-0.3, -0.25) is 20.3 Å². The van der Waals surface area contributed by atoms with Gasteiger partial charge in [0.1, 0.15) is 0 Å². The normalized spacial score (nSPS) is 21.4. The van der Waals surface area contributed by atoms with Crippen molar-refractivity contribution in [2.75, 3.05) is 13.1 Å². The second-order valence-electron chi connectivity index (χ2n) is 4.49. The second kappa shape index (κ2) is 6.27. The lowest BCUT2D eigenvalue weighted by molar-refractivity contribution is -0.384. The van der Waals surface area contributed by atoms with E-state index in [0.29, 0.717) is 13.1 Å². The van der Waals surface area contributed by atoms with Crippen LogP contribution in [0.4, 0.5) is 5.69 Å². The Morgan fingerprint density at radius 2 is 2.20 bits per heavy atom. The number of hydrazine groups is 1. The van der Waals surface area contributed by atoms with Gasteiger partial charge in [0.15, 0.2) is 0 Å². The highest BCUT2D eigenvalue weighted by Gasteiger charge is 2.33. The van der Waals surface area contributed by atoms with Crippen LogP contribution in [0.15, 0.2) is 36.9 Å². The number of rotatable bonds is 5. The SMILES string of the molecule is C=CCNC(=O)C1CNNC1c1ccc([N+](=O)[O-])cc1.